The summed E-state index contributed by atoms with van der Waals surface area (Å²) in [5.74, 6) is -0.777. The van der Waals surface area contributed by atoms with Crippen LogP contribution < -0.4 is 10.9 Å². The summed E-state index contributed by atoms with van der Waals surface area (Å²) in [6.07, 6.45) is 5.09. The zero-order chi connectivity index (χ0) is 29.1. The zero-order valence-corrected chi connectivity index (χ0v) is 22.5. The summed E-state index contributed by atoms with van der Waals surface area (Å²) >= 11 is 0. The molecule has 0 spiro atoms. The van der Waals surface area contributed by atoms with E-state index in [1.54, 1.807) is 35.9 Å². The summed E-state index contributed by atoms with van der Waals surface area (Å²) in [5.41, 5.74) is 0.989. The van der Waals surface area contributed by atoms with E-state index >= 15 is 0 Å². The third kappa shape index (κ3) is 5.55. The van der Waals surface area contributed by atoms with E-state index in [4.69, 9.17) is 5.41 Å². The number of rotatable bonds is 8. The van der Waals surface area contributed by atoms with E-state index in [0.29, 0.717) is 22.9 Å². The molecular formula is C29H29F4N7O. The molecule has 0 bridgehead atoms. The molecule has 2 N–H and O–H groups in total. The van der Waals surface area contributed by atoms with Gasteiger partial charge in [-0.3, -0.25) is 19.9 Å². The Bertz CT molecular complexity index is 1690. The maximum absolute atomic E-state index is 13.9. The van der Waals surface area contributed by atoms with Crippen LogP contribution in [-0.4, -0.2) is 29.8 Å². The molecule has 2 saturated carbocycles. The van der Waals surface area contributed by atoms with Crippen molar-refractivity contribution in [3.05, 3.63) is 88.6 Å². The number of aromatic nitrogens is 5. The van der Waals surface area contributed by atoms with Crippen molar-refractivity contribution in [2.24, 2.45) is 13.0 Å². The molecule has 41 heavy (non-hydrogen) atoms. The maximum atomic E-state index is 13.9. The molecule has 2 aliphatic carbocycles. The summed E-state index contributed by atoms with van der Waals surface area (Å²) in [5, 5.41) is 15.2. The number of hydrogen-bond donors (Lipinski definition) is 2. The van der Waals surface area contributed by atoms with Gasteiger partial charge in [0.15, 0.2) is 5.69 Å². The predicted octanol–water partition coefficient (Wildman–Crippen LogP) is 5.30. The summed E-state index contributed by atoms with van der Waals surface area (Å²) in [7, 11) is 1.41. The van der Waals surface area contributed by atoms with Gasteiger partial charge in [0.25, 0.3) is 5.91 Å². The number of halogens is 4. The number of pyridine rings is 1. The van der Waals surface area contributed by atoms with E-state index in [1.165, 1.54) is 19.3 Å². The quantitative estimate of drug-likeness (QED) is 0.283. The van der Waals surface area contributed by atoms with Crippen LogP contribution in [0.3, 0.4) is 0 Å². The topological polar surface area (TPSA) is 93.5 Å². The van der Waals surface area contributed by atoms with Gasteiger partial charge in [0.1, 0.15) is 5.82 Å². The Morgan fingerprint density at radius 3 is 2.56 bits per heavy atom. The van der Waals surface area contributed by atoms with Crippen LogP contribution in [0.15, 0.2) is 49.1 Å². The number of nitrogens with zero attached hydrogens (tertiary/aromatic N) is 5. The first kappa shape index (κ1) is 27.0. The lowest BCUT2D eigenvalue weighted by atomic mass is 9.98. The normalized spacial score (nSPS) is 16.1. The van der Waals surface area contributed by atoms with Gasteiger partial charge in [-0.1, -0.05) is 0 Å². The van der Waals surface area contributed by atoms with Crippen LogP contribution in [0.2, 0.25) is 0 Å². The molecule has 3 heterocycles. The Balaban J connectivity index is 1.39. The Labute approximate surface area is 233 Å². The molecule has 0 saturated heterocycles. The number of amides is 1. The fourth-order valence-electron chi connectivity index (χ4n) is 5.21. The van der Waals surface area contributed by atoms with E-state index in [1.807, 2.05) is 10.8 Å². The number of carbonyl (C=O) groups excluding carboxylic acids is 1. The summed E-state index contributed by atoms with van der Waals surface area (Å²) < 4.78 is 60.2. The van der Waals surface area contributed by atoms with Crippen molar-refractivity contribution in [2.45, 2.75) is 57.4 Å². The number of benzene rings is 1. The fourth-order valence-corrected chi connectivity index (χ4v) is 5.21. The summed E-state index contributed by atoms with van der Waals surface area (Å²) in [4.78, 5) is 17.9. The summed E-state index contributed by atoms with van der Waals surface area (Å²) in [6.45, 7) is 1.82. The highest BCUT2D eigenvalue weighted by Crippen LogP contribution is 2.41. The minimum atomic E-state index is -4.69. The number of carbonyl (C=O) groups is 1. The molecule has 1 amide bonds. The minimum Gasteiger partial charge on any atom is -0.343 e. The Morgan fingerprint density at radius 1 is 1.15 bits per heavy atom. The van der Waals surface area contributed by atoms with Crippen LogP contribution in [0.5, 0.6) is 0 Å². The lowest BCUT2D eigenvalue weighted by molar-refractivity contribution is -0.140. The highest BCUT2D eigenvalue weighted by atomic mass is 19.4. The highest BCUT2D eigenvalue weighted by Gasteiger charge is 2.38. The standard InChI is InChI=1S/C29H29F4N7O/c1-16-9-24(35-13-23(16)30)25(18-3-4-18)36-27(41)20-11-17(14-39-7-8-40(28(39)34)21-5-6-21)10-19(12-20)22-15-38(2)37-26(22)29(31,32)33/h7-13,15,18,21,25,34H,3-6,14H2,1-2H3,(H,36,41)/t25-/m0/s1. The fraction of sp³-hybridized carbons (Fsp3) is 0.379. The highest BCUT2D eigenvalue weighted by molar-refractivity contribution is 5.96. The van der Waals surface area contributed by atoms with Crippen LogP contribution in [0.25, 0.3) is 11.1 Å². The van der Waals surface area contributed by atoms with Gasteiger partial charge in [0, 0.05) is 42.8 Å². The third-order valence-corrected chi connectivity index (χ3v) is 7.65. The van der Waals surface area contributed by atoms with Crippen molar-refractivity contribution >= 4 is 5.91 Å². The molecule has 214 valence electrons. The molecule has 12 heteroatoms. The van der Waals surface area contributed by atoms with Gasteiger partial charge in [-0.2, -0.15) is 18.3 Å². The second-order valence-corrected chi connectivity index (χ2v) is 11.0. The maximum Gasteiger partial charge on any atom is 0.435 e. The number of nitrogens with one attached hydrogen (secondary N) is 2. The summed E-state index contributed by atoms with van der Waals surface area (Å²) in [6, 6.07) is 6.12. The van der Waals surface area contributed by atoms with E-state index < -0.39 is 29.6 Å². The molecular weight excluding hydrogens is 538 g/mol. The zero-order valence-electron chi connectivity index (χ0n) is 22.5. The van der Waals surface area contributed by atoms with Gasteiger partial charge in [-0.25, -0.2) is 4.39 Å². The molecule has 4 aromatic rings. The van der Waals surface area contributed by atoms with Gasteiger partial charge >= 0.3 is 6.18 Å². The number of aryl methyl sites for hydroxylation is 2. The first-order valence-corrected chi connectivity index (χ1v) is 13.5. The monoisotopic (exact) mass is 567 g/mol. The van der Waals surface area contributed by atoms with Crippen LogP contribution >= 0.6 is 0 Å². The first-order chi connectivity index (χ1) is 19.5. The van der Waals surface area contributed by atoms with E-state index in [2.05, 4.69) is 15.4 Å². The molecule has 1 aromatic carbocycles. The lowest BCUT2D eigenvalue weighted by Crippen LogP contribution is -2.31. The molecule has 2 fully saturated rings. The SMILES string of the molecule is Cc1cc([C@@H](NC(=O)c2cc(Cn3ccn(C4CC4)c3=N)cc(-c3cn(C)nc3C(F)(F)F)c2)C2CC2)ncc1F. The van der Waals surface area contributed by atoms with Crippen LogP contribution in [0, 0.1) is 24.1 Å². The molecule has 0 radical (unpaired) electrons. The average molecular weight is 568 g/mol. The van der Waals surface area contributed by atoms with E-state index in [9.17, 15) is 22.4 Å². The number of hydrogen-bond acceptors (Lipinski definition) is 4. The van der Waals surface area contributed by atoms with Gasteiger partial charge in [-0.15, -0.1) is 0 Å². The van der Waals surface area contributed by atoms with Crippen molar-refractivity contribution in [1.82, 2.24) is 29.2 Å². The Kier molecular flexibility index (Phi) is 6.58. The molecule has 8 nitrogen and oxygen atoms in total. The molecule has 6 rings (SSSR count). The predicted molar refractivity (Wildman–Crippen MR) is 141 cm³/mol. The Morgan fingerprint density at radius 2 is 1.90 bits per heavy atom. The van der Waals surface area contributed by atoms with Crippen LogP contribution in [0.4, 0.5) is 17.6 Å². The van der Waals surface area contributed by atoms with Gasteiger partial charge in [-0.05, 0) is 79.5 Å². The van der Waals surface area contributed by atoms with Gasteiger partial charge in [0.2, 0.25) is 5.62 Å². The van der Waals surface area contributed by atoms with Crippen LogP contribution in [-0.2, 0) is 19.8 Å². The second kappa shape index (κ2) is 10.0. The van der Waals surface area contributed by atoms with E-state index in [0.717, 1.165) is 36.6 Å². The van der Waals surface area contributed by atoms with Crippen molar-refractivity contribution in [3.63, 3.8) is 0 Å². The van der Waals surface area contributed by atoms with Crippen molar-refractivity contribution in [1.29, 1.82) is 5.41 Å². The average Bonchev–Trinajstić information content (AvgIpc) is 3.85. The van der Waals surface area contributed by atoms with Crippen molar-refractivity contribution in [2.75, 3.05) is 0 Å². The first-order valence-electron chi connectivity index (χ1n) is 13.5. The van der Waals surface area contributed by atoms with Gasteiger partial charge < -0.3 is 14.5 Å². The van der Waals surface area contributed by atoms with E-state index in [-0.39, 0.29) is 34.8 Å². The third-order valence-electron chi connectivity index (χ3n) is 7.65. The largest absolute Gasteiger partial charge is 0.435 e. The minimum absolute atomic E-state index is 0.137. The molecule has 2 aliphatic rings. The lowest BCUT2D eigenvalue weighted by Gasteiger charge is -2.19. The smallest absolute Gasteiger partial charge is 0.343 e. The number of imidazole rings is 1. The van der Waals surface area contributed by atoms with Crippen molar-refractivity contribution in [3.8, 4) is 11.1 Å². The molecule has 3 aromatic heterocycles. The van der Waals surface area contributed by atoms with Gasteiger partial charge in [0.05, 0.1) is 24.5 Å². The van der Waals surface area contributed by atoms with Crippen LogP contribution in [0.1, 0.15) is 70.6 Å². The second-order valence-electron chi connectivity index (χ2n) is 11.0. The molecule has 0 unspecified atom stereocenters. The number of alkyl halides is 3. The molecule has 1 atom stereocenters. The molecule has 0 aliphatic heterocycles. The Hall–Kier alpha value is -4.22. The van der Waals surface area contributed by atoms with Crippen molar-refractivity contribution < 1.29 is 22.4 Å².